The van der Waals surface area contributed by atoms with E-state index in [2.05, 4.69) is 4.79 Å². The Hall–Kier alpha value is -2.26. The van der Waals surface area contributed by atoms with Gasteiger partial charge in [0.2, 0.25) is 0 Å². The zero-order chi connectivity index (χ0) is 10.8. The van der Waals surface area contributed by atoms with Crippen LogP contribution in [0.4, 0.5) is 0 Å². The van der Waals surface area contributed by atoms with E-state index in [0.29, 0.717) is 17.8 Å². The summed E-state index contributed by atoms with van der Waals surface area (Å²) in [6, 6.07) is 0. The van der Waals surface area contributed by atoms with Crippen molar-refractivity contribution in [1.82, 2.24) is 4.90 Å². The maximum absolute atomic E-state index is 11.3. The molecule has 0 aromatic heterocycles. The molecule has 1 heterocycles. The van der Waals surface area contributed by atoms with Gasteiger partial charge in [0.25, 0.3) is 17.5 Å². The second-order valence-corrected chi connectivity index (χ2v) is 3.10. The fourth-order valence-corrected chi connectivity index (χ4v) is 1.42. The monoisotopic (exact) mass is 201 g/mol. The number of carbonyl (C=O) groups is 2. The molecule has 1 aliphatic heterocycles. The van der Waals surface area contributed by atoms with Crippen LogP contribution in [0.15, 0.2) is 36.1 Å². The number of hydrogen-bond donors (Lipinski definition) is 0. The van der Waals surface area contributed by atoms with Gasteiger partial charge in [-0.2, -0.15) is 4.79 Å². The molecule has 0 fully saturated rings. The predicted octanol–water partition coefficient (Wildman–Crippen LogP) is 0.426. The van der Waals surface area contributed by atoms with E-state index < -0.39 is 0 Å². The van der Waals surface area contributed by atoms with Gasteiger partial charge in [0.05, 0.1) is 6.42 Å². The Labute approximate surface area is 85.6 Å². The van der Waals surface area contributed by atoms with Crippen LogP contribution in [0.3, 0.4) is 0 Å². The van der Waals surface area contributed by atoms with Gasteiger partial charge in [0.1, 0.15) is 0 Å². The van der Waals surface area contributed by atoms with Gasteiger partial charge < -0.3 is 5.53 Å². The first kappa shape index (κ1) is 9.30. The normalized spacial score (nSPS) is 19.6. The number of nitrogens with zero attached hydrogens (tertiary/aromatic N) is 3. The first-order valence-electron chi connectivity index (χ1n) is 4.37. The second-order valence-electron chi connectivity index (χ2n) is 3.10. The van der Waals surface area contributed by atoms with Crippen LogP contribution in [0, 0.1) is 0 Å². The maximum Gasteiger partial charge on any atom is 0.295 e. The molecule has 0 unspecified atom stereocenters. The lowest BCUT2D eigenvalue weighted by Gasteiger charge is -2.15. The summed E-state index contributed by atoms with van der Waals surface area (Å²) >= 11 is 0. The van der Waals surface area contributed by atoms with Gasteiger partial charge in [-0.15, -0.1) is 0 Å². The molecule has 0 aromatic rings. The summed E-state index contributed by atoms with van der Waals surface area (Å²) in [6.45, 7) is 0. The van der Waals surface area contributed by atoms with Crippen LogP contribution in [0.1, 0.15) is 6.42 Å². The van der Waals surface area contributed by atoms with Crippen molar-refractivity contribution in [2.24, 2.45) is 0 Å². The van der Waals surface area contributed by atoms with Gasteiger partial charge in [-0.05, 0) is 12.2 Å². The van der Waals surface area contributed by atoms with Crippen molar-refractivity contribution in [3.63, 3.8) is 0 Å². The summed E-state index contributed by atoms with van der Waals surface area (Å²) in [4.78, 5) is 26.7. The molecule has 1 aliphatic carbocycles. The van der Waals surface area contributed by atoms with E-state index in [-0.39, 0.29) is 11.8 Å². The van der Waals surface area contributed by atoms with E-state index in [1.165, 1.54) is 12.2 Å². The Kier molecular flexibility index (Phi) is 2.15. The van der Waals surface area contributed by atoms with Crippen LogP contribution < -0.4 is 0 Å². The molecular weight excluding hydrogens is 194 g/mol. The summed E-state index contributed by atoms with van der Waals surface area (Å²) in [5, 5.41) is 0. The largest absolute Gasteiger partial charge is 0.361 e. The number of allylic oxidation sites excluding steroid dienone is 3. The van der Waals surface area contributed by atoms with Crippen molar-refractivity contribution >= 4 is 17.5 Å². The quantitative estimate of drug-likeness (QED) is 0.350. The van der Waals surface area contributed by atoms with Crippen LogP contribution in [0.5, 0.6) is 0 Å². The van der Waals surface area contributed by atoms with Gasteiger partial charge in [0, 0.05) is 23.9 Å². The molecule has 0 saturated carbocycles. The van der Waals surface area contributed by atoms with E-state index in [0.717, 1.165) is 4.90 Å². The molecule has 0 spiro atoms. The summed E-state index contributed by atoms with van der Waals surface area (Å²) < 4.78 is 0. The van der Waals surface area contributed by atoms with Crippen molar-refractivity contribution in [2.75, 3.05) is 0 Å². The number of hydrogen-bond acceptors (Lipinski definition) is 2. The lowest BCUT2D eigenvalue weighted by atomic mass is 10.1. The van der Waals surface area contributed by atoms with Gasteiger partial charge >= 0.3 is 0 Å². The third kappa shape index (κ3) is 1.56. The third-order valence-corrected chi connectivity index (χ3v) is 2.16. The Morgan fingerprint density at radius 1 is 1.13 bits per heavy atom. The van der Waals surface area contributed by atoms with Gasteiger partial charge in [-0.1, -0.05) is 0 Å². The van der Waals surface area contributed by atoms with E-state index in [9.17, 15) is 9.59 Å². The summed E-state index contributed by atoms with van der Waals surface area (Å²) in [5.41, 5.74) is 9.50. The molecule has 74 valence electrons. The highest BCUT2D eigenvalue weighted by Gasteiger charge is 2.27. The minimum atomic E-state index is -0.347. The van der Waals surface area contributed by atoms with Crippen molar-refractivity contribution in [3.05, 3.63) is 41.6 Å². The average molecular weight is 201 g/mol. The highest BCUT2D eigenvalue weighted by Crippen LogP contribution is 2.17. The molecule has 0 saturated heterocycles. The van der Waals surface area contributed by atoms with Crippen molar-refractivity contribution in [2.45, 2.75) is 6.42 Å². The summed E-state index contributed by atoms with van der Waals surface area (Å²) in [6.07, 6.45) is 7.66. The second kappa shape index (κ2) is 3.48. The molecule has 0 radical (unpaired) electrons. The van der Waals surface area contributed by atoms with Gasteiger partial charge in [-0.25, -0.2) is 4.90 Å². The highest BCUT2D eigenvalue weighted by atomic mass is 16.2. The molecule has 0 aromatic carbocycles. The maximum atomic E-state index is 11.3. The Morgan fingerprint density at radius 3 is 2.27 bits per heavy atom. The van der Waals surface area contributed by atoms with Crippen LogP contribution in [-0.2, 0) is 9.59 Å². The topological polar surface area (TPSA) is 73.8 Å². The molecule has 2 amide bonds. The fourth-order valence-electron chi connectivity index (χ4n) is 1.42. The number of carbonyl (C=O) groups excluding carboxylic acids is 2. The summed E-state index contributed by atoms with van der Waals surface area (Å²) in [7, 11) is 0. The highest BCUT2D eigenvalue weighted by molar-refractivity contribution is 6.14. The zero-order valence-electron chi connectivity index (χ0n) is 7.75. The molecule has 0 atom stereocenters. The molecule has 2 rings (SSSR count). The Morgan fingerprint density at radius 2 is 1.80 bits per heavy atom. The molecule has 0 N–H and O–H groups in total. The molecule has 0 bridgehead atoms. The Bertz CT molecular complexity index is 461. The van der Waals surface area contributed by atoms with Crippen LogP contribution >= 0.6 is 0 Å². The Balaban J connectivity index is 2.25. The lowest BCUT2D eigenvalue weighted by molar-refractivity contribution is -0.134. The fraction of sp³-hybridized carbons (Fsp3) is 0.100. The number of amides is 2. The van der Waals surface area contributed by atoms with Crippen molar-refractivity contribution < 1.29 is 14.4 Å². The van der Waals surface area contributed by atoms with E-state index >= 15 is 0 Å². The van der Waals surface area contributed by atoms with Crippen molar-refractivity contribution in [3.8, 4) is 0 Å². The molecule has 5 nitrogen and oxygen atoms in total. The SMILES string of the molecule is [N-]=[N+]=C1C=CC(N2C(=O)C=CC2=O)=CC1. The lowest BCUT2D eigenvalue weighted by Crippen LogP contribution is -2.29. The van der Waals surface area contributed by atoms with E-state index in [1.807, 2.05) is 0 Å². The van der Waals surface area contributed by atoms with E-state index in [1.54, 1.807) is 18.2 Å². The van der Waals surface area contributed by atoms with Crippen molar-refractivity contribution in [1.29, 1.82) is 0 Å². The zero-order valence-corrected chi connectivity index (χ0v) is 7.75. The minimum absolute atomic E-state index is 0.347. The first-order chi connectivity index (χ1) is 7.22. The van der Waals surface area contributed by atoms with Gasteiger partial charge in [0.15, 0.2) is 0 Å². The molecule has 15 heavy (non-hydrogen) atoms. The van der Waals surface area contributed by atoms with Crippen LogP contribution in [0.2, 0.25) is 0 Å². The first-order valence-corrected chi connectivity index (χ1v) is 4.37. The predicted molar refractivity (Wildman–Crippen MR) is 51.5 cm³/mol. The molecule has 5 heteroatoms. The number of rotatable bonds is 1. The smallest absolute Gasteiger partial charge is 0.295 e. The number of imide groups is 1. The third-order valence-electron chi connectivity index (χ3n) is 2.16. The van der Waals surface area contributed by atoms with Crippen LogP contribution in [0.25, 0.3) is 5.53 Å². The molecular formula is C10H7N3O2. The van der Waals surface area contributed by atoms with Gasteiger partial charge in [-0.3, -0.25) is 9.59 Å². The minimum Gasteiger partial charge on any atom is -0.361 e. The molecule has 2 aliphatic rings. The standard InChI is InChI=1S/C10H7N3O2/c11-12-7-1-3-8(4-2-7)13-9(14)5-6-10(13)15/h1,3-6H,2H2. The van der Waals surface area contributed by atoms with E-state index in [4.69, 9.17) is 5.53 Å². The average Bonchev–Trinajstić information content (AvgIpc) is 2.59. The summed E-state index contributed by atoms with van der Waals surface area (Å²) in [5.74, 6) is -0.694. The van der Waals surface area contributed by atoms with Crippen LogP contribution in [-0.4, -0.2) is 27.2 Å².